The molecule has 2 amide bonds. The molecule has 1 fully saturated rings. The molecule has 1 saturated heterocycles. The number of rotatable bonds is 9. The van der Waals surface area contributed by atoms with E-state index in [1.165, 1.54) is 11.1 Å². The zero-order valence-corrected chi connectivity index (χ0v) is 21.2. The minimum absolute atomic E-state index is 0.123. The molecule has 2 aromatic carbocycles. The van der Waals surface area contributed by atoms with Crippen LogP contribution in [0.3, 0.4) is 0 Å². The Labute approximate surface area is 208 Å². The summed E-state index contributed by atoms with van der Waals surface area (Å²) in [5.74, 6) is -1.85. The average molecular weight is 480 g/mol. The summed E-state index contributed by atoms with van der Waals surface area (Å²) in [7, 11) is 0. The van der Waals surface area contributed by atoms with Crippen LogP contribution in [-0.4, -0.2) is 39.1 Å². The van der Waals surface area contributed by atoms with Crippen LogP contribution in [0.1, 0.15) is 83.3 Å². The van der Waals surface area contributed by atoms with Gasteiger partial charge in [0, 0.05) is 11.8 Å². The molecule has 1 N–H and O–H groups in total. The lowest BCUT2D eigenvalue weighted by atomic mass is 9.85. The molecule has 1 heterocycles. The van der Waals surface area contributed by atoms with Gasteiger partial charge >= 0.3 is 12.1 Å². The number of imide groups is 1. The average Bonchev–Trinajstić information content (AvgIpc) is 3.12. The Morgan fingerprint density at radius 2 is 1.57 bits per heavy atom. The van der Waals surface area contributed by atoms with Gasteiger partial charge < -0.3 is 9.84 Å². The number of amides is 2. The summed E-state index contributed by atoms with van der Waals surface area (Å²) in [5.41, 5.74) is 0.128. The van der Waals surface area contributed by atoms with Crippen LogP contribution in [0.15, 0.2) is 60.7 Å². The number of hydrogen-bond donors (Lipinski definition) is 1. The summed E-state index contributed by atoms with van der Waals surface area (Å²) in [5, 5.41) is 10.0. The Morgan fingerprint density at radius 3 is 2.03 bits per heavy atom. The van der Waals surface area contributed by atoms with Crippen LogP contribution in [0.5, 0.6) is 0 Å². The molecule has 35 heavy (non-hydrogen) atoms. The molecular weight excluding hydrogens is 442 g/mol. The number of ether oxygens (including phenoxy) is 1. The van der Waals surface area contributed by atoms with Crippen molar-refractivity contribution in [2.45, 2.75) is 83.3 Å². The van der Waals surface area contributed by atoms with Crippen LogP contribution < -0.4 is 0 Å². The predicted octanol–water partition coefficient (Wildman–Crippen LogP) is 6.40. The van der Waals surface area contributed by atoms with Crippen LogP contribution in [0.4, 0.5) is 4.79 Å². The lowest BCUT2D eigenvalue weighted by Crippen LogP contribution is -2.55. The second-order valence-corrected chi connectivity index (χ2v) is 10.4. The summed E-state index contributed by atoms with van der Waals surface area (Å²) in [6.07, 6.45) is 2.52. The Kier molecular flexibility index (Phi) is 8.36. The van der Waals surface area contributed by atoms with Gasteiger partial charge in [-0.1, -0.05) is 80.4 Å². The van der Waals surface area contributed by atoms with Crippen molar-refractivity contribution in [3.63, 3.8) is 0 Å². The third-order valence-electron chi connectivity index (χ3n) is 6.84. The molecular formula is C29H37NO5. The van der Waals surface area contributed by atoms with Gasteiger partial charge in [0.1, 0.15) is 5.60 Å². The van der Waals surface area contributed by atoms with E-state index in [-0.39, 0.29) is 18.8 Å². The van der Waals surface area contributed by atoms with Crippen molar-refractivity contribution in [1.82, 2.24) is 4.90 Å². The third kappa shape index (κ3) is 6.11. The summed E-state index contributed by atoms with van der Waals surface area (Å²) in [6.45, 7) is 6.80. The number of aliphatic carboxylic acids is 1. The van der Waals surface area contributed by atoms with Gasteiger partial charge in [-0.05, 0) is 57.6 Å². The molecule has 2 aromatic rings. The molecule has 0 spiro atoms. The second kappa shape index (κ2) is 11.1. The molecule has 6 heteroatoms. The monoisotopic (exact) mass is 479 g/mol. The van der Waals surface area contributed by atoms with Gasteiger partial charge in [-0.25, -0.2) is 14.5 Å². The number of unbranched alkanes of at least 4 members (excludes halogenated alkanes) is 1. The first kappa shape index (κ1) is 26.5. The second-order valence-electron chi connectivity index (χ2n) is 10.4. The fraction of sp³-hybridized carbons (Fsp3) is 0.483. The van der Waals surface area contributed by atoms with Gasteiger partial charge in [0.05, 0.1) is 0 Å². The molecule has 0 aromatic heterocycles. The molecule has 0 saturated carbocycles. The standard InChI is InChI=1S/C29H37NO5/c1-5-29(26(32)33)20-23(25(31)30(29)27(34)35-28(2,3)4)18-12-13-19-24(21-14-8-6-9-15-21)22-16-10-7-11-17-22/h6-11,14-17,23-24H,5,12-13,18-20H2,1-4H3,(H,32,33)/t23-,29-/m0/s1. The molecule has 0 radical (unpaired) electrons. The molecule has 6 nitrogen and oxygen atoms in total. The number of likely N-dealkylation sites (tertiary alicyclic amines) is 1. The molecule has 3 rings (SSSR count). The number of nitrogens with zero attached hydrogens (tertiary/aromatic N) is 1. The lowest BCUT2D eigenvalue weighted by molar-refractivity contribution is -0.153. The maximum atomic E-state index is 13.2. The van der Waals surface area contributed by atoms with E-state index in [1.807, 2.05) is 36.4 Å². The first-order valence-electron chi connectivity index (χ1n) is 12.5. The number of carbonyl (C=O) groups is 3. The SMILES string of the molecule is CC[C@@]1(C(=O)O)C[C@H](CCCCC(c2ccccc2)c2ccccc2)C(=O)N1C(=O)OC(C)(C)C. The topological polar surface area (TPSA) is 83.9 Å². The highest BCUT2D eigenvalue weighted by molar-refractivity contribution is 6.02. The number of hydrogen-bond acceptors (Lipinski definition) is 4. The fourth-order valence-electron chi connectivity index (χ4n) is 5.05. The van der Waals surface area contributed by atoms with Crippen LogP contribution >= 0.6 is 0 Å². The van der Waals surface area contributed by atoms with Gasteiger partial charge in [-0.2, -0.15) is 0 Å². The third-order valence-corrected chi connectivity index (χ3v) is 6.84. The number of carboxylic acids is 1. The summed E-state index contributed by atoms with van der Waals surface area (Å²) >= 11 is 0. The smallest absolute Gasteiger partial charge is 0.418 e. The number of carbonyl (C=O) groups excluding carboxylic acids is 2. The van der Waals surface area contributed by atoms with Gasteiger partial charge in [0.15, 0.2) is 5.54 Å². The van der Waals surface area contributed by atoms with Crippen molar-refractivity contribution in [2.75, 3.05) is 0 Å². The fourth-order valence-corrected chi connectivity index (χ4v) is 5.05. The Morgan fingerprint density at radius 1 is 1.03 bits per heavy atom. The van der Waals surface area contributed by atoms with Crippen molar-refractivity contribution in [3.05, 3.63) is 71.8 Å². The first-order valence-corrected chi connectivity index (χ1v) is 12.5. The molecule has 0 aliphatic carbocycles. The van der Waals surface area contributed by atoms with E-state index in [0.717, 1.165) is 24.2 Å². The van der Waals surface area contributed by atoms with E-state index in [9.17, 15) is 19.5 Å². The summed E-state index contributed by atoms with van der Waals surface area (Å²) in [4.78, 5) is 39.2. The van der Waals surface area contributed by atoms with Gasteiger partial charge in [0.2, 0.25) is 5.91 Å². The van der Waals surface area contributed by atoms with Crippen molar-refractivity contribution in [2.24, 2.45) is 5.92 Å². The largest absolute Gasteiger partial charge is 0.479 e. The molecule has 0 unspecified atom stereocenters. The van der Waals surface area contributed by atoms with E-state index < -0.39 is 35.0 Å². The Bertz CT molecular complexity index is 975. The zero-order valence-electron chi connectivity index (χ0n) is 21.2. The van der Waals surface area contributed by atoms with E-state index in [1.54, 1.807) is 27.7 Å². The Hall–Kier alpha value is -3.15. The van der Waals surface area contributed by atoms with Crippen molar-refractivity contribution >= 4 is 18.0 Å². The van der Waals surface area contributed by atoms with Crippen LogP contribution in [0.25, 0.3) is 0 Å². The zero-order chi connectivity index (χ0) is 25.6. The maximum absolute atomic E-state index is 13.2. The molecule has 1 aliphatic rings. The van der Waals surface area contributed by atoms with Crippen molar-refractivity contribution in [3.8, 4) is 0 Å². The minimum Gasteiger partial charge on any atom is -0.479 e. The molecule has 188 valence electrons. The minimum atomic E-state index is -1.55. The van der Waals surface area contributed by atoms with Crippen LogP contribution in [-0.2, 0) is 14.3 Å². The number of carboxylic acid groups (broad SMARTS) is 1. The van der Waals surface area contributed by atoms with E-state index in [4.69, 9.17) is 4.74 Å². The highest BCUT2D eigenvalue weighted by atomic mass is 16.6. The van der Waals surface area contributed by atoms with Crippen LogP contribution in [0, 0.1) is 5.92 Å². The summed E-state index contributed by atoms with van der Waals surface area (Å²) in [6, 6.07) is 20.8. The van der Waals surface area contributed by atoms with Crippen molar-refractivity contribution in [1.29, 1.82) is 0 Å². The molecule has 2 atom stereocenters. The van der Waals surface area contributed by atoms with E-state index in [0.29, 0.717) is 6.42 Å². The van der Waals surface area contributed by atoms with Crippen LogP contribution in [0.2, 0.25) is 0 Å². The van der Waals surface area contributed by atoms with E-state index >= 15 is 0 Å². The molecule has 0 bridgehead atoms. The quantitative estimate of drug-likeness (QED) is 0.421. The van der Waals surface area contributed by atoms with E-state index in [2.05, 4.69) is 24.3 Å². The maximum Gasteiger partial charge on any atom is 0.418 e. The number of benzene rings is 2. The normalized spacial score (nSPS) is 20.3. The summed E-state index contributed by atoms with van der Waals surface area (Å²) < 4.78 is 5.41. The predicted molar refractivity (Wildman–Crippen MR) is 135 cm³/mol. The van der Waals surface area contributed by atoms with Crippen molar-refractivity contribution < 1.29 is 24.2 Å². The first-order chi connectivity index (χ1) is 16.6. The highest BCUT2D eigenvalue weighted by Gasteiger charge is 2.58. The highest BCUT2D eigenvalue weighted by Crippen LogP contribution is 2.41. The lowest BCUT2D eigenvalue weighted by Gasteiger charge is -2.33. The Balaban J connectivity index is 1.69. The van der Waals surface area contributed by atoms with Gasteiger partial charge in [-0.3, -0.25) is 4.79 Å². The van der Waals surface area contributed by atoms with Gasteiger partial charge in [0.25, 0.3) is 0 Å². The van der Waals surface area contributed by atoms with Gasteiger partial charge in [-0.15, -0.1) is 0 Å². The molecule has 1 aliphatic heterocycles.